The first-order chi connectivity index (χ1) is 4.88. The van der Waals surface area contributed by atoms with E-state index in [0.29, 0.717) is 0 Å². The van der Waals surface area contributed by atoms with Gasteiger partial charge in [0.1, 0.15) is 0 Å². The summed E-state index contributed by atoms with van der Waals surface area (Å²) < 4.78 is 0. The molecule has 0 saturated carbocycles. The molecule has 0 radical (unpaired) electrons. The van der Waals surface area contributed by atoms with Gasteiger partial charge < -0.3 is 0 Å². The van der Waals surface area contributed by atoms with Gasteiger partial charge in [0.15, 0.2) is 0 Å². The Labute approximate surface area is 98.1 Å². The van der Waals surface area contributed by atoms with Gasteiger partial charge in [0.25, 0.3) is 0 Å². The molecule has 0 aliphatic carbocycles. The Balaban J connectivity index is 0. The summed E-state index contributed by atoms with van der Waals surface area (Å²) in [5.74, 6) is 0. The Morgan fingerprint density at radius 3 is 1.42 bits per heavy atom. The summed E-state index contributed by atoms with van der Waals surface area (Å²) in [6, 6.07) is 7.68. The first-order valence-corrected chi connectivity index (χ1v) is 3.07. The zero-order valence-electron chi connectivity index (χ0n) is 7.62. The molecule has 0 bridgehead atoms. The van der Waals surface area contributed by atoms with Crippen molar-refractivity contribution in [3.63, 3.8) is 0 Å². The zero-order valence-corrected chi connectivity index (χ0v) is 7.62. The van der Waals surface area contributed by atoms with Crippen LogP contribution in [-0.2, 0) is 0 Å². The number of hydrogen-bond donors (Lipinski definition) is 0. The minimum atomic E-state index is 0. The second kappa shape index (κ2) is 7.54. The third-order valence-electron chi connectivity index (χ3n) is 1.36. The molecule has 0 atom stereocenters. The van der Waals surface area contributed by atoms with E-state index in [-0.39, 0.29) is 37.7 Å². The molecule has 0 spiro atoms. The van der Waals surface area contributed by atoms with Gasteiger partial charge in [0, 0.05) is 0 Å². The maximum Gasteiger partial charge on any atom is 1.00 e. The van der Waals surface area contributed by atoms with Crippen molar-refractivity contribution in [1.29, 1.82) is 0 Å². The van der Waals surface area contributed by atoms with E-state index in [4.69, 9.17) is 13.2 Å². The van der Waals surface area contributed by atoms with Crippen molar-refractivity contribution in [2.24, 2.45) is 0 Å². The number of hydrogen-bond acceptors (Lipinski definition) is 0. The Morgan fingerprint density at radius 1 is 0.833 bits per heavy atom. The fourth-order valence-electron chi connectivity index (χ4n) is 0.814. The normalized spacial score (nSPS) is 7.33. The Kier molecular flexibility index (Phi) is 9.06. The third-order valence-corrected chi connectivity index (χ3v) is 1.36. The number of rotatable bonds is 2. The average Bonchev–Trinajstić information content (AvgIpc) is 2.04. The topological polar surface area (TPSA) is 0 Å². The van der Waals surface area contributed by atoms with Crippen LogP contribution in [0.1, 0.15) is 11.1 Å². The van der Waals surface area contributed by atoms with Gasteiger partial charge in [0.05, 0.1) is 0 Å². The van der Waals surface area contributed by atoms with Gasteiger partial charge in [-0.3, -0.25) is 36.4 Å². The molecule has 50 valence electrons. The fourth-order valence-corrected chi connectivity index (χ4v) is 0.814. The van der Waals surface area contributed by atoms with Crippen LogP contribution in [0.4, 0.5) is 0 Å². The molecule has 0 unspecified atom stereocenters. The molecule has 0 heterocycles. The van der Waals surface area contributed by atoms with Crippen LogP contribution in [0.2, 0.25) is 0 Å². The van der Waals surface area contributed by atoms with Crippen LogP contribution in [0.3, 0.4) is 0 Å². The molecule has 0 aromatic heterocycles. The molecule has 0 saturated heterocycles. The quantitative estimate of drug-likeness (QED) is 0.298. The van der Waals surface area contributed by atoms with E-state index < -0.39 is 0 Å². The summed E-state index contributed by atoms with van der Waals surface area (Å²) in [7, 11) is 0. The summed E-state index contributed by atoms with van der Waals surface area (Å²) in [5, 5.41) is 0. The minimum absolute atomic E-state index is 0. The van der Waals surface area contributed by atoms with E-state index in [9.17, 15) is 0 Å². The fraction of sp³-hybridized carbons (Fsp3) is 0. The van der Waals surface area contributed by atoms with Crippen molar-refractivity contribution in [3.05, 3.63) is 48.6 Å². The van der Waals surface area contributed by atoms with E-state index in [0.717, 1.165) is 11.1 Å². The maximum absolute atomic E-state index is 5.33. The van der Waals surface area contributed by atoms with E-state index in [1.165, 1.54) is 0 Å². The monoisotopic (exact) mass is 142 g/mol. The van der Waals surface area contributed by atoms with Crippen molar-refractivity contribution < 1.29 is 37.7 Å². The van der Waals surface area contributed by atoms with Crippen LogP contribution in [0.5, 0.6) is 0 Å². The summed E-state index contributed by atoms with van der Waals surface area (Å²) >= 11 is 0. The van der Waals surface area contributed by atoms with E-state index in [1.54, 1.807) is 12.2 Å². The van der Waals surface area contributed by atoms with E-state index in [2.05, 4.69) is 0 Å². The molecule has 1 aromatic carbocycles. The van der Waals surface area contributed by atoms with E-state index in [1.807, 2.05) is 24.3 Å². The maximum atomic E-state index is 5.33. The van der Waals surface area contributed by atoms with Crippen LogP contribution in [0.15, 0.2) is 24.3 Å². The number of benzene rings is 1. The molecule has 1 rings (SSSR count). The van der Waals surface area contributed by atoms with Crippen molar-refractivity contribution in [2.75, 3.05) is 0 Å². The van der Waals surface area contributed by atoms with Crippen molar-refractivity contribution in [2.45, 2.75) is 0 Å². The van der Waals surface area contributed by atoms with Crippen molar-refractivity contribution in [3.8, 4) is 0 Å². The SMILES string of the molecule is [CH-]=Cc1ccccc1C=[CH-].[Li+].[Li+]. The molecule has 0 nitrogen and oxygen atoms in total. The van der Waals surface area contributed by atoms with Gasteiger partial charge >= 0.3 is 37.7 Å². The van der Waals surface area contributed by atoms with Gasteiger partial charge in [-0.15, -0.1) is 0 Å². The second-order valence-electron chi connectivity index (χ2n) is 1.96. The van der Waals surface area contributed by atoms with Crippen LogP contribution < -0.4 is 37.7 Å². The second-order valence-corrected chi connectivity index (χ2v) is 1.96. The van der Waals surface area contributed by atoms with Crippen molar-refractivity contribution in [1.82, 2.24) is 0 Å². The molecule has 0 amide bonds. The van der Waals surface area contributed by atoms with Crippen LogP contribution in [0, 0.1) is 13.2 Å². The van der Waals surface area contributed by atoms with Crippen LogP contribution in [-0.4, -0.2) is 0 Å². The summed E-state index contributed by atoms with van der Waals surface area (Å²) in [5.41, 5.74) is 1.93. The van der Waals surface area contributed by atoms with Gasteiger partial charge in [0.2, 0.25) is 0 Å². The molecule has 0 fully saturated rings. The van der Waals surface area contributed by atoms with Crippen molar-refractivity contribution >= 4 is 12.2 Å². The van der Waals surface area contributed by atoms with Gasteiger partial charge in [-0.1, -0.05) is 12.1 Å². The molecular weight excluding hydrogens is 134 g/mol. The minimum Gasteiger partial charge on any atom is -0.294 e. The largest absolute Gasteiger partial charge is 1.00 e. The van der Waals surface area contributed by atoms with E-state index >= 15 is 0 Å². The average molecular weight is 142 g/mol. The van der Waals surface area contributed by atoms with Crippen LogP contribution in [0.25, 0.3) is 12.2 Å². The molecule has 1 aromatic rings. The standard InChI is InChI=1S/C10H8.2Li/c1-3-9-7-5-6-8-10(9)4-2;;/h1-8H;;/q-2;2*+1. The van der Waals surface area contributed by atoms with Gasteiger partial charge in [-0.25, -0.2) is 0 Å². The molecule has 0 N–H and O–H groups in total. The molecular formula is C10H8Li2. The Morgan fingerprint density at radius 2 is 1.17 bits per heavy atom. The summed E-state index contributed by atoms with van der Waals surface area (Å²) in [4.78, 5) is 0. The molecule has 12 heavy (non-hydrogen) atoms. The zero-order chi connectivity index (χ0) is 7.40. The molecule has 0 aliphatic rings. The Hall–Kier alpha value is -0.105. The van der Waals surface area contributed by atoms with Gasteiger partial charge in [-0.2, -0.15) is 12.1 Å². The first-order valence-electron chi connectivity index (χ1n) is 3.07. The molecule has 2 heteroatoms. The Bertz CT molecular complexity index is 227. The predicted molar refractivity (Wildman–Crippen MR) is 44.0 cm³/mol. The summed E-state index contributed by atoms with van der Waals surface area (Å²) in [6.45, 7) is 10.7. The summed E-state index contributed by atoms with van der Waals surface area (Å²) in [6.07, 6.45) is 3.08. The molecule has 0 aliphatic heterocycles. The smallest absolute Gasteiger partial charge is 0.294 e. The van der Waals surface area contributed by atoms with Crippen LogP contribution >= 0.6 is 0 Å². The third kappa shape index (κ3) is 3.53. The first kappa shape index (κ1) is 14.4. The van der Waals surface area contributed by atoms with Gasteiger partial charge in [-0.05, 0) is 0 Å². The predicted octanol–water partition coefficient (Wildman–Crippen LogP) is -3.41.